The Kier molecular flexibility index (Phi) is 6.33. The van der Waals surface area contributed by atoms with Gasteiger partial charge in [-0.1, -0.05) is 0 Å². The molecule has 3 nitrogen and oxygen atoms in total. The molecule has 1 N–H and O–H groups in total. The molecule has 0 saturated carbocycles. The van der Waals surface area contributed by atoms with Crippen LogP contribution in [-0.4, -0.2) is 51.6 Å². The van der Waals surface area contributed by atoms with E-state index in [0.29, 0.717) is 0 Å². The number of halogens is 1. The normalized spacial score (nSPS) is 18.7. The first-order chi connectivity index (χ1) is 5.61. The molecule has 0 aromatic carbocycles. The molecular weight excluding hydrogens is 162 g/mol. The van der Waals surface area contributed by atoms with Gasteiger partial charge in [-0.3, -0.25) is 0 Å². The van der Waals surface area contributed by atoms with Gasteiger partial charge < -0.3 is 14.6 Å². The molecule has 0 heterocycles. The second kappa shape index (κ2) is 6.40. The van der Waals surface area contributed by atoms with Crippen molar-refractivity contribution < 1.29 is 19.0 Å². The number of ether oxygens (including phenoxy) is 2. The molecule has 0 aliphatic carbocycles. The number of rotatable bonds is 6. The first-order valence-corrected chi connectivity index (χ1v) is 3.75. The summed E-state index contributed by atoms with van der Waals surface area (Å²) >= 11 is 0. The van der Waals surface area contributed by atoms with Gasteiger partial charge in [0.2, 0.25) is 0 Å². The number of methoxy groups -OCH3 is 1. The van der Waals surface area contributed by atoms with Gasteiger partial charge in [0.05, 0.1) is 12.7 Å². The maximum absolute atomic E-state index is 11.9. The zero-order valence-electron chi connectivity index (χ0n) is 7.37. The van der Waals surface area contributed by atoms with Gasteiger partial charge in [-0.15, -0.1) is 0 Å². The largest absolute Gasteiger partial charge is 0.391 e. The monoisotopic (exact) mass is 176 g/mol. The lowest BCUT2D eigenvalue weighted by Gasteiger charge is -2.22. The Balaban J connectivity index is 3.77. The maximum Gasteiger partial charge on any atom is 0.112 e. The van der Waals surface area contributed by atoms with Gasteiger partial charge in [0, 0.05) is 13.1 Å². The molecule has 0 spiro atoms. The number of hydrogen-bond acceptors (Lipinski definition) is 3. The van der Waals surface area contributed by atoms with Crippen molar-refractivity contribution in [1.82, 2.24) is 0 Å². The molecule has 1 unspecified atom stereocenters. The van der Waals surface area contributed by atoms with Crippen LogP contribution in [0.25, 0.3) is 0 Å². The van der Waals surface area contributed by atoms with Crippen LogP contribution in [0.4, 0.5) is 4.39 Å². The lowest BCUT2D eigenvalue weighted by molar-refractivity contribution is -0.0802. The highest BCUT2D eigenvalue weighted by Gasteiger charge is 2.17. The lowest BCUT2D eigenvalue weighted by atomic mass is 10.0. The third kappa shape index (κ3) is 4.69. The minimum Gasteiger partial charge on any atom is -0.391 e. The number of alkyl halides is 1. The van der Waals surface area contributed by atoms with E-state index in [2.05, 4.69) is 0 Å². The Morgan fingerprint density at radius 1 is 1.58 bits per heavy atom. The molecule has 0 fully saturated rings. The Morgan fingerprint density at radius 3 is 2.50 bits per heavy atom. The van der Waals surface area contributed by atoms with E-state index in [1.807, 2.05) is 0 Å². The summed E-state index contributed by atoms with van der Waals surface area (Å²) < 4.78 is 21.6. The van der Waals surface area contributed by atoms with E-state index < -0.39 is 24.9 Å². The SMILES string of the molecule is [B]C(CF)O[C@H](COC)[C@H](C)O. The minimum atomic E-state index is -0.986. The quantitative estimate of drug-likeness (QED) is 0.572. The van der Waals surface area contributed by atoms with E-state index >= 15 is 0 Å². The molecule has 0 aliphatic rings. The number of aliphatic hydroxyl groups excluding tert-OH is 1. The molecule has 2 radical (unpaired) electrons. The molecule has 0 aromatic heterocycles. The Bertz CT molecular complexity index is 113. The molecule has 70 valence electrons. The highest BCUT2D eigenvalue weighted by molar-refractivity contribution is 6.11. The first-order valence-electron chi connectivity index (χ1n) is 3.75. The van der Waals surface area contributed by atoms with E-state index in [1.54, 1.807) is 0 Å². The van der Waals surface area contributed by atoms with E-state index in [0.717, 1.165) is 0 Å². The van der Waals surface area contributed by atoms with Crippen molar-refractivity contribution in [2.45, 2.75) is 25.1 Å². The van der Waals surface area contributed by atoms with E-state index in [1.165, 1.54) is 14.0 Å². The molecule has 0 amide bonds. The molecular formula is C7H14BFO3. The standard InChI is InChI=1S/C7H14BFO3/c1-5(10)6(4-11-2)12-7(8)3-9/h5-7,10H,3-4H2,1-2H3/t5-,6+,7?/m0/s1. The summed E-state index contributed by atoms with van der Waals surface area (Å²) in [6.07, 6.45) is -1.29. The fourth-order valence-corrected chi connectivity index (χ4v) is 0.717. The molecule has 5 heteroatoms. The first kappa shape index (κ1) is 11.9. The smallest absolute Gasteiger partial charge is 0.112 e. The van der Waals surface area contributed by atoms with Gasteiger partial charge in [-0.2, -0.15) is 0 Å². The van der Waals surface area contributed by atoms with Crippen molar-refractivity contribution in [3.63, 3.8) is 0 Å². The second-order valence-corrected chi connectivity index (χ2v) is 2.56. The van der Waals surface area contributed by atoms with Crippen molar-refractivity contribution >= 4 is 7.85 Å². The second-order valence-electron chi connectivity index (χ2n) is 2.56. The molecule has 3 atom stereocenters. The fourth-order valence-electron chi connectivity index (χ4n) is 0.717. The van der Waals surface area contributed by atoms with Crippen LogP contribution in [0.15, 0.2) is 0 Å². The summed E-state index contributed by atoms with van der Waals surface area (Å²) in [5.41, 5.74) is 0. The third-order valence-electron chi connectivity index (χ3n) is 1.37. The summed E-state index contributed by atoms with van der Waals surface area (Å²) in [6, 6.07) is -0.986. The van der Waals surface area contributed by atoms with Crippen molar-refractivity contribution in [1.29, 1.82) is 0 Å². The molecule has 0 aliphatic heterocycles. The van der Waals surface area contributed by atoms with E-state index in [-0.39, 0.29) is 6.61 Å². The van der Waals surface area contributed by atoms with Crippen LogP contribution in [0.1, 0.15) is 6.92 Å². The van der Waals surface area contributed by atoms with Crippen LogP contribution in [-0.2, 0) is 9.47 Å². The molecule has 12 heavy (non-hydrogen) atoms. The zero-order chi connectivity index (χ0) is 9.56. The summed E-state index contributed by atoms with van der Waals surface area (Å²) in [4.78, 5) is 0. The van der Waals surface area contributed by atoms with Gasteiger partial charge in [0.1, 0.15) is 20.6 Å². The van der Waals surface area contributed by atoms with Crippen LogP contribution in [0.2, 0.25) is 0 Å². The molecule has 0 saturated heterocycles. The van der Waals surface area contributed by atoms with Gasteiger partial charge in [-0.05, 0) is 6.92 Å². The van der Waals surface area contributed by atoms with Crippen LogP contribution in [0.3, 0.4) is 0 Å². The number of aliphatic hydroxyl groups is 1. The fraction of sp³-hybridized carbons (Fsp3) is 1.00. The van der Waals surface area contributed by atoms with E-state index in [9.17, 15) is 4.39 Å². The molecule has 0 aromatic rings. The summed E-state index contributed by atoms with van der Waals surface area (Å²) in [5.74, 6) is 0. The number of hydrogen-bond donors (Lipinski definition) is 1. The van der Waals surface area contributed by atoms with Crippen molar-refractivity contribution in [3.8, 4) is 0 Å². The van der Waals surface area contributed by atoms with Crippen LogP contribution < -0.4 is 0 Å². The predicted molar refractivity (Wildman–Crippen MR) is 43.9 cm³/mol. The minimum absolute atomic E-state index is 0.200. The van der Waals surface area contributed by atoms with Gasteiger partial charge >= 0.3 is 0 Å². The molecule has 0 bridgehead atoms. The summed E-state index contributed by atoms with van der Waals surface area (Å²) in [6.45, 7) is 0.965. The molecule has 0 rings (SSSR count). The van der Waals surface area contributed by atoms with Crippen molar-refractivity contribution in [3.05, 3.63) is 0 Å². The summed E-state index contributed by atoms with van der Waals surface area (Å²) in [7, 11) is 6.65. The van der Waals surface area contributed by atoms with Gasteiger partial charge in [0.15, 0.2) is 0 Å². The highest BCUT2D eigenvalue weighted by Crippen LogP contribution is 2.02. The average molecular weight is 176 g/mol. The van der Waals surface area contributed by atoms with E-state index in [4.69, 9.17) is 22.4 Å². The lowest BCUT2D eigenvalue weighted by Crippen LogP contribution is -2.35. The van der Waals surface area contributed by atoms with Gasteiger partial charge in [-0.25, -0.2) is 4.39 Å². The zero-order valence-corrected chi connectivity index (χ0v) is 7.37. The third-order valence-corrected chi connectivity index (χ3v) is 1.37. The van der Waals surface area contributed by atoms with Crippen molar-refractivity contribution in [2.75, 3.05) is 20.4 Å². The van der Waals surface area contributed by atoms with Gasteiger partial charge in [0.25, 0.3) is 0 Å². The maximum atomic E-state index is 11.9. The Hall–Kier alpha value is -0.125. The van der Waals surface area contributed by atoms with Crippen LogP contribution >= 0.6 is 0 Å². The summed E-state index contributed by atoms with van der Waals surface area (Å²) in [5, 5.41) is 9.10. The van der Waals surface area contributed by atoms with Crippen molar-refractivity contribution in [2.24, 2.45) is 0 Å². The van der Waals surface area contributed by atoms with Crippen LogP contribution in [0, 0.1) is 0 Å². The van der Waals surface area contributed by atoms with Crippen LogP contribution in [0.5, 0.6) is 0 Å². The topological polar surface area (TPSA) is 38.7 Å². The predicted octanol–water partition coefficient (Wildman–Crippen LogP) is -0.137. The average Bonchev–Trinajstić information content (AvgIpc) is 2.03. The Morgan fingerprint density at radius 2 is 2.17 bits per heavy atom. The Labute approximate surface area is 73.3 Å². The highest BCUT2D eigenvalue weighted by atomic mass is 19.1.